The Labute approximate surface area is 409 Å². The van der Waals surface area contributed by atoms with E-state index in [0.717, 1.165) is 110 Å². The van der Waals surface area contributed by atoms with Crippen molar-refractivity contribution in [2.45, 2.75) is 271 Å². The summed E-state index contributed by atoms with van der Waals surface area (Å²) >= 11 is 0. The van der Waals surface area contributed by atoms with Crippen LogP contribution in [0.15, 0.2) is 0 Å². The third-order valence-electron chi connectivity index (χ3n) is 12.9. The van der Waals surface area contributed by atoms with E-state index in [1.807, 2.05) is 0 Å². The molecule has 0 aromatic carbocycles. The second kappa shape index (κ2) is 45.5. The van der Waals surface area contributed by atoms with E-state index in [1.165, 1.54) is 103 Å². The number of hydrogen-bond acceptors (Lipinski definition) is 11. The number of carbonyl (C=O) groups is 5. The second-order valence-corrected chi connectivity index (χ2v) is 19.5. The lowest BCUT2D eigenvalue weighted by molar-refractivity contribution is -0.151. The van der Waals surface area contributed by atoms with Crippen LogP contribution in [0.3, 0.4) is 0 Å². The van der Waals surface area contributed by atoms with Crippen molar-refractivity contribution in [1.29, 1.82) is 0 Å². The van der Waals surface area contributed by atoms with Gasteiger partial charge < -0.3 is 33.9 Å². The van der Waals surface area contributed by atoms with Gasteiger partial charge in [-0.2, -0.15) is 0 Å². The average molecular weight is 951 g/mol. The molecule has 0 spiro atoms. The Hall–Kier alpha value is -2.89. The Kier molecular flexibility index (Phi) is 42.2. The zero-order valence-corrected chi connectivity index (χ0v) is 43.7. The summed E-state index contributed by atoms with van der Waals surface area (Å²) in [5.74, 6) is -2.13. The summed E-state index contributed by atoms with van der Waals surface area (Å²) in [5, 5.41) is 2.78. The molecule has 12 nitrogen and oxygen atoms in total. The highest BCUT2D eigenvalue weighted by molar-refractivity contribution is 5.73. The third kappa shape index (κ3) is 39.6. The van der Waals surface area contributed by atoms with Gasteiger partial charge in [0.05, 0.1) is 5.92 Å². The fourth-order valence-electron chi connectivity index (χ4n) is 8.65. The molecule has 0 atom stereocenters. The number of carbonyl (C=O) groups excluding carboxylic acids is 5. The van der Waals surface area contributed by atoms with Crippen LogP contribution in [0.1, 0.15) is 259 Å². The first-order valence-corrected chi connectivity index (χ1v) is 28.0. The van der Waals surface area contributed by atoms with E-state index in [9.17, 15) is 24.0 Å². The number of nitrogens with one attached hydrogen (secondary N) is 1. The molecule has 67 heavy (non-hydrogen) atoms. The zero-order valence-electron chi connectivity index (χ0n) is 43.7. The maximum Gasteiger partial charge on any atom is 0.407 e. The standard InChI is InChI=1S/C55H102N2O10/c1-5-9-13-17-21-25-33-49(34-26-22-18-14-10-6-2)66-53(60)39-31-37-51(58)63-45-48(47-65-55(62)56-41-44-57-42-29-30-43-57)46-64-52(59)38-32-40-54(61)67-50(35-27-23-19-15-11-7-3)36-28-24-20-16-12-8-4/h48-50H,5-47H2,1-4H3,(H,56,62). The van der Waals surface area contributed by atoms with E-state index in [1.54, 1.807) is 0 Å². The van der Waals surface area contributed by atoms with Crippen LogP contribution in [0.2, 0.25) is 0 Å². The molecule has 0 saturated carbocycles. The van der Waals surface area contributed by atoms with Crippen LogP contribution in [0, 0.1) is 5.92 Å². The number of nitrogens with zero attached hydrogens (tertiary/aromatic N) is 1. The number of hydrogen-bond donors (Lipinski definition) is 1. The number of ether oxygens (including phenoxy) is 5. The van der Waals surface area contributed by atoms with Gasteiger partial charge in [0, 0.05) is 38.8 Å². The van der Waals surface area contributed by atoms with Gasteiger partial charge in [0.25, 0.3) is 0 Å². The minimum atomic E-state index is -0.596. The quantitative estimate of drug-likeness (QED) is 0.0353. The molecular formula is C55H102N2O10. The summed E-state index contributed by atoms with van der Waals surface area (Å²) < 4.78 is 28.5. The molecule has 0 unspecified atom stereocenters. The fourth-order valence-corrected chi connectivity index (χ4v) is 8.65. The van der Waals surface area contributed by atoms with E-state index in [2.05, 4.69) is 37.9 Å². The lowest BCUT2D eigenvalue weighted by atomic mass is 10.0. The monoisotopic (exact) mass is 951 g/mol. The summed E-state index contributed by atoms with van der Waals surface area (Å²) in [7, 11) is 0. The van der Waals surface area contributed by atoms with Crippen LogP contribution in [0.4, 0.5) is 4.79 Å². The second-order valence-electron chi connectivity index (χ2n) is 19.5. The van der Waals surface area contributed by atoms with E-state index in [4.69, 9.17) is 23.7 Å². The predicted octanol–water partition coefficient (Wildman–Crippen LogP) is 13.7. The maximum absolute atomic E-state index is 12.9. The Bertz CT molecular complexity index is 1110. The highest BCUT2D eigenvalue weighted by Crippen LogP contribution is 2.20. The summed E-state index contributed by atoms with van der Waals surface area (Å²) in [6.07, 6.45) is 34.6. The highest BCUT2D eigenvalue weighted by atomic mass is 16.6. The van der Waals surface area contributed by atoms with Crippen molar-refractivity contribution in [2.75, 3.05) is 46.0 Å². The van der Waals surface area contributed by atoms with Crippen molar-refractivity contribution in [3.05, 3.63) is 0 Å². The van der Waals surface area contributed by atoms with Crippen LogP contribution >= 0.6 is 0 Å². The molecular weight excluding hydrogens is 849 g/mol. The molecule has 1 N–H and O–H groups in total. The first-order chi connectivity index (χ1) is 32.7. The molecule has 12 heteroatoms. The molecule has 0 aromatic rings. The van der Waals surface area contributed by atoms with Crippen LogP contribution in [0.5, 0.6) is 0 Å². The van der Waals surface area contributed by atoms with E-state index in [-0.39, 0.29) is 69.7 Å². The number of esters is 4. The first kappa shape index (κ1) is 62.1. The number of alkyl carbamates (subject to hydrolysis) is 1. The number of amides is 1. The van der Waals surface area contributed by atoms with Crippen LogP contribution in [-0.4, -0.2) is 93.1 Å². The van der Waals surface area contributed by atoms with E-state index in [0.29, 0.717) is 19.4 Å². The van der Waals surface area contributed by atoms with Gasteiger partial charge in [-0.15, -0.1) is 0 Å². The van der Waals surface area contributed by atoms with Gasteiger partial charge in [0.15, 0.2) is 0 Å². The smallest absolute Gasteiger partial charge is 0.407 e. The molecule has 0 bridgehead atoms. The molecule has 1 rings (SSSR count). The zero-order chi connectivity index (χ0) is 48.8. The number of rotatable bonds is 47. The summed E-state index contributed by atoms with van der Waals surface area (Å²) in [6, 6.07) is 0. The lowest BCUT2D eigenvalue weighted by Gasteiger charge is -2.19. The van der Waals surface area contributed by atoms with Gasteiger partial charge >= 0.3 is 30.0 Å². The molecule has 1 aliphatic rings. The number of likely N-dealkylation sites (tertiary alicyclic amines) is 1. The molecule has 1 fully saturated rings. The summed E-state index contributed by atoms with van der Waals surface area (Å²) in [4.78, 5) is 66.3. The minimum absolute atomic E-state index is 0.0356. The first-order valence-electron chi connectivity index (χ1n) is 28.0. The average Bonchev–Trinajstić information content (AvgIpc) is 3.84. The van der Waals surface area contributed by atoms with Crippen molar-refractivity contribution in [2.24, 2.45) is 5.92 Å². The molecule has 392 valence electrons. The van der Waals surface area contributed by atoms with Crippen LogP contribution in [-0.2, 0) is 42.9 Å². The topological polar surface area (TPSA) is 147 Å². The van der Waals surface area contributed by atoms with Crippen molar-refractivity contribution in [3.8, 4) is 0 Å². The van der Waals surface area contributed by atoms with Gasteiger partial charge in [-0.3, -0.25) is 19.2 Å². The molecule has 0 radical (unpaired) electrons. The predicted molar refractivity (Wildman–Crippen MR) is 270 cm³/mol. The van der Waals surface area contributed by atoms with Gasteiger partial charge in [-0.25, -0.2) is 4.79 Å². The minimum Gasteiger partial charge on any atom is -0.465 e. The molecule has 1 saturated heterocycles. The molecule has 1 amide bonds. The van der Waals surface area contributed by atoms with Gasteiger partial charge in [-0.05, 0) is 90.1 Å². The van der Waals surface area contributed by atoms with Crippen molar-refractivity contribution >= 4 is 30.0 Å². The summed E-state index contributed by atoms with van der Waals surface area (Å²) in [6.45, 7) is 11.7. The SMILES string of the molecule is CCCCCCCCC(CCCCCCCC)OC(=O)CCCC(=O)OCC(COC(=O)CCCC(=O)OC(CCCCCCCC)CCCCCCCC)COC(=O)NCCN1CCCC1. The summed E-state index contributed by atoms with van der Waals surface area (Å²) in [5.41, 5.74) is 0. The van der Waals surface area contributed by atoms with Crippen molar-refractivity contribution in [1.82, 2.24) is 10.2 Å². The third-order valence-corrected chi connectivity index (χ3v) is 12.9. The van der Waals surface area contributed by atoms with Crippen molar-refractivity contribution < 1.29 is 47.7 Å². The molecule has 0 aliphatic carbocycles. The Morgan fingerprint density at radius 1 is 0.418 bits per heavy atom. The van der Waals surface area contributed by atoms with Gasteiger partial charge in [-0.1, -0.05) is 156 Å². The van der Waals surface area contributed by atoms with Crippen LogP contribution < -0.4 is 5.32 Å². The molecule has 1 heterocycles. The van der Waals surface area contributed by atoms with Gasteiger partial charge in [0.2, 0.25) is 0 Å². The van der Waals surface area contributed by atoms with Crippen molar-refractivity contribution in [3.63, 3.8) is 0 Å². The normalized spacial score (nSPS) is 12.8. The highest BCUT2D eigenvalue weighted by Gasteiger charge is 2.21. The Balaban J connectivity index is 2.63. The van der Waals surface area contributed by atoms with E-state index >= 15 is 0 Å². The van der Waals surface area contributed by atoms with Gasteiger partial charge in [0.1, 0.15) is 32.0 Å². The fraction of sp³-hybridized carbons (Fsp3) is 0.909. The molecule has 1 aliphatic heterocycles. The lowest BCUT2D eigenvalue weighted by Crippen LogP contribution is -2.35. The Morgan fingerprint density at radius 3 is 1.12 bits per heavy atom. The number of unbranched alkanes of at least 4 members (excludes halogenated alkanes) is 20. The Morgan fingerprint density at radius 2 is 0.746 bits per heavy atom. The maximum atomic E-state index is 12.9. The largest absolute Gasteiger partial charge is 0.465 e. The van der Waals surface area contributed by atoms with Crippen LogP contribution in [0.25, 0.3) is 0 Å². The molecule has 0 aromatic heterocycles. The van der Waals surface area contributed by atoms with E-state index < -0.39 is 23.9 Å².